The molecule has 0 aliphatic rings. The van der Waals surface area contributed by atoms with Gasteiger partial charge in [0.05, 0.1) is 5.69 Å². The van der Waals surface area contributed by atoms with E-state index < -0.39 is 0 Å². The van der Waals surface area contributed by atoms with Crippen molar-refractivity contribution in [3.8, 4) is 11.3 Å². The third-order valence-electron chi connectivity index (χ3n) is 3.77. The van der Waals surface area contributed by atoms with Gasteiger partial charge in [0.25, 0.3) is 0 Å². The molecule has 0 aliphatic carbocycles. The zero-order valence-electron chi connectivity index (χ0n) is 13.9. The largest absolute Gasteiger partial charge is 0.323 e. The van der Waals surface area contributed by atoms with Crippen molar-refractivity contribution in [3.63, 3.8) is 0 Å². The van der Waals surface area contributed by atoms with E-state index in [0.717, 1.165) is 16.2 Å². The standard InChI is InChI=1S/C19H15ClN4OS/c1-12-10-24-11-17(23-19(24)26-12)13-4-2-6-15(8-13)21-18(25)22-16-7-3-5-14(20)9-16/h2-11H,1H3,(H2,21,22,25). The summed E-state index contributed by atoms with van der Waals surface area (Å²) < 4.78 is 2.02. The summed E-state index contributed by atoms with van der Waals surface area (Å²) in [5.74, 6) is 0. The summed E-state index contributed by atoms with van der Waals surface area (Å²) in [7, 11) is 0. The number of urea groups is 1. The molecular weight excluding hydrogens is 368 g/mol. The van der Waals surface area contributed by atoms with E-state index in [9.17, 15) is 4.79 Å². The number of hydrogen-bond donors (Lipinski definition) is 2. The second-order valence-corrected chi connectivity index (χ2v) is 7.48. The summed E-state index contributed by atoms with van der Waals surface area (Å²) in [5, 5.41) is 6.16. The number of carbonyl (C=O) groups is 1. The van der Waals surface area contributed by atoms with E-state index in [1.54, 1.807) is 35.6 Å². The molecule has 2 aromatic carbocycles. The SMILES string of the molecule is Cc1cn2cc(-c3cccc(NC(=O)Nc4cccc(Cl)c4)c3)nc2s1. The fourth-order valence-electron chi connectivity index (χ4n) is 2.67. The molecule has 7 heteroatoms. The highest BCUT2D eigenvalue weighted by molar-refractivity contribution is 7.17. The number of halogens is 1. The lowest BCUT2D eigenvalue weighted by Crippen LogP contribution is -2.19. The van der Waals surface area contributed by atoms with E-state index in [2.05, 4.69) is 28.7 Å². The normalized spacial score (nSPS) is 10.8. The molecule has 2 heterocycles. The Balaban J connectivity index is 1.51. The molecule has 0 aliphatic heterocycles. The molecule has 4 rings (SSSR count). The Kier molecular flexibility index (Phi) is 4.36. The van der Waals surface area contributed by atoms with Crippen molar-refractivity contribution in [2.24, 2.45) is 0 Å². The van der Waals surface area contributed by atoms with Crippen molar-refractivity contribution in [2.45, 2.75) is 6.92 Å². The molecule has 0 radical (unpaired) electrons. The number of hydrogen-bond acceptors (Lipinski definition) is 3. The van der Waals surface area contributed by atoms with Gasteiger partial charge in [-0.05, 0) is 37.3 Å². The number of benzene rings is 2. The van der Waals surface area contributed by atoms with Crippen molar-refractivity contribution in [2.75, 3.05) is 10.6 Å². The third kappa shape index (κ3) is 3.56. The van der Waals surface area contributed by atoms with Crippen LogP contribution in [0.3, 0.4) is 0 Å². The molecule has 0 saturated carbocycles. The highest BCUT2D eigenvalue weighted by Crippen LogP contribution is 2.25. The van der Waals surface area contributed by atoms with Crippen LogP contribution in [0.5, 0.6) is 0 Å². The van der Waals surface area contributed by atoms with Gasteiger partial charge in [0, 0.05) is 39.2 Å². The summed E-state index contributed by atoms with van der Waals surface area (Å²) in [6.07, 6.45) is 4.04. The summed E-state index contributed by atoms with van der Waals surface area (Å²) in [6, 6.07) is 14.3. The highest BCUT2D eigenvalue weighted by atomic mass is 35.5. The van der Waals surface area contributed by atoms with Gasteiger partial charge in [-0.25, -0.2) is 9.78 Å². The number of aryl methyl sites for hydroxylation is 1. The molecule has 4 aromatic rings. The highest BCUT2D eigenvalue weighted by Gasteiger charge is 2.09. The number of amides is 2. The summed E-state index contributed by atoms with van der Waals surface area (Å²) >= 11 is 7.58. The quantitative estimate of drug-likeness (QED) is 0.479. The fraction of sp³-hybridized carbons (Fsp3) is 0.0526. The molecule has 0 unspecified atom stereocenters. The first kappa shape index (κ1) is 16.6. The Hall–Kier alpha value is -2.83. The van der Waals surface area contributed by atoms with Crippen molar-refractivity contribution >= 4 is 45.3 Å². The van der Waals surface area contributed by atoms with Crippen LogP contribution in [0.15, 0.2) is 60.9 Å². The predicted molar refractivity (Wildman–Crippen MR) is 107 cm³/mol. The molecule has 130 valence electrons. The minimum Gasteiger partial charge on any atom is -0.308 e. The summed E-state index contributed by atoms with van der Waals surface area (Å²) in [6.45, 7) is 2.06. The second-order valence-electron chi connectivity index (χ2n) is 5.83. The molecule has 5 nitrogen and oxygen atoms in total. The Morgan fingerprint density at radius 3 is 2.54 bits per heavy atom. The van der Waals surface area contributed by atoms with Crippen LogP contribution in [0, 0.1) is 6.92 Å². The van der Waals surface area contributed by atoms with Crippen LogP contribution < -0.4 is 10.6 Å². The van der Waals surface area contributed by atoms with Crippen molar-refractivity contribution < 1.29 is 4.79 Å². The van der Waals surface area contributed by atoms with Gasteiger partial charge in [-0.15, -0.1) is 11.3 Å². The van der Waals surface area contributed by atoms with E-state index >= 15 is 0 Å². The van der Waals surface area contributed by atoms with Crippen LogP contribution in [-0.2, 0) is 0 Å². The van der Waals surface area contributed by atoms with Gasteiger partial charge in [0.1, 0.15) is 0 Å². The number of aromatic nitrogens is 2. The van der Waals surface area contributed by atoms with Crippen LogP contribution in [0.1, 0.15) is 4.88 Å². The van der Waals surface area contributed by atoms with Crippen LogP contribution in [-0.4, -0.2) is 15.4 Å². The average Bonchev–Trinajstić information content (AvgIpc) is 3.12. The number of rotatable bonds is 3. The maximum Gasteiger partial charge on any atom is 0.323 e. The van der Waals surface area contributed by atoms with Crippen molar-refractivity contribution in [3.05, 3.63) is 70.8 Å². The smallest absolute Gasteiger partial charge is 0.308 e. The van der Waals surface area contributed by atoms with E-state index in [1.165, 1.54) is 4.88 Å². The Morgan fingerprint density at radius 2 is 1.81 bits per heavy atom. The molecule has 2 amide bonds. The van der Waals surface area contributed by atoms with Gasteiger partial charge in [-0.2, -0.15) is 0 Å². The predicted octanol–water partition coefficient (Wildman–Crippen LogP) is 5.67. The molecule has 26 heavy (non-hydrogen) atoms. The average molecular weight is 383 g/mol. The van der Waals surface area contributed by atoms with Crippen LogP contribution in [0.2, 0.25) is 5.02 Å². The fourth-order valence-corrected chi connectivity index (χ4v) is 3.67. The van der Waals surface area contributed by atoms with Crippen molar-refractivity contribution in [1.82, 2.24) is 9.38 Å². The molecule has 2 aromatic heterocycles. The molecule has 0 bridgehead atoms. The Labute approximate surface area is 159 Å². The number of imidazole rings is 1. The summed E-state index contributed by atoms with van der Waals surface area (Å²) in [5.41, 5.74) is 3.14. The van der Waals surface area contributed by atoms with Gasteiger partial charge in [-0.1, -0.05) is 29.8 Å². The van der Waals surface area contributed by atoms with Gasteiger partial charge < -0.3 is 10.6 Å². The van der Waals surface area contributed by atoms with Gasteiger partial charge in [0.2, 0.25) is 0 Å². The van der Waals surface area contributed by atoms with Crippen LogP contribution in [0.4, 0.5) is 16.2 Å². The molecule has 0 atom stereocenters. The second kappa shape index (κ2) is 6.82. The minimum absolute atomic E-state index is 0.328. The number of anilines is 2. The number of carbonyl (C=O) groups excluding carboxylic acids is 1. The van der Waals surface area contributed by atoms with E-state index in [1.807, 2.05) is 34.9 Å². The Morgan fingerprint density at radius 1 is 1.08 bits per heavy atom. The van der Waals surface area contributed by atoms with Crippen LogP contribution in [0.25, 0.3) is 16.2 Å². The lowest BCUT2D eigenvalue weighted by molar-refractivity contribution is 0.262. The first-order chi connectivity index (χ1) is 12.6. The number of nitrogens with zero attached hydrogens (tertiary/aromatic N) is 2. The molecule has 2 N–H and O–H groups in total. The number of thiazole rings is 1. The Bertz CT molecular complexity index is 1070. The maximum absolute atomic E-state index is 12.2. The molecule has 0 spiro atoms. The third-order valence-corrected chi connectivity index (χ3v) is 4.92. The zero-order chi connectivity index (χ0) is 18.1. The maximum atomic E-state index is 12.2. The van der Waals surface area contributed by atoms with Gasteiger partial charge in [-0.3, -0.25) is 4.40 Å². The zero-order valence-corrected chi connectivity index (χ0v) is 15.4. The van der Waals surface area contributed by atoms with E-state index in [-0.39, 0.29) is 6.03 Å². The molecule has 0 fully saturated rings. The van der Waals surface area contributed by atoms with E-state index in [4.69, 9.17) is 11.6 Å². The lowest BCUT2D eigenvalue weighted by Gasteiger charge is -2.08. The van der Waals surface area contributed by atoms with Crippen molar-refractivity contribution in [1.29, 1.82) is 0 Å². The minimum atomic E-state index is -0.328. The van der Waals surface area contributed by atoms with E-state index in [0.29, 0.717) is 16.4 Å². The first-order valence-electron chi connectivity index (χ1n) is 7.96. The van der Waals surface area contributed by atoms with Gasteiger partial charge in [0.15, 0.2) is 4.96 Å². The molecular formula is C19H15ClN4OS. The topological polar surface area (TPSA) is 58.4 Å². The number of fused-ring (bicyclic) bond motifs is 1. The number of nitrogens with one attached hydrogen (secondary N) is 2. The lowest BCUT2D eigenvalue weighted by atomic mass is 10.1. The monoisotopic (exact) mass is 382 g/mol. The molecule has 0 saturated heterocycles. The summed E-state index contributed by atoms with van der Waals surface area (Å²) in [4.78, 5) is 19.0. The van der Waals surface area contributed by atoms with Gasteiger partial charge >= 0.3 is 6.03 Å². The van der Waals surface area contributed by atoms with Crippen LogP contribution >= 0.6 is 22.9 Å². The first-order valence-corrected chi connectivity index (χ1v) is 9.15.